The first kappa shape index (κ1) is 16.1. The lowest BCUT2D eigenvalue weighted by atomic mass is 9.97. The summed E-state index contributed by atoms with van der Waals surface area (Å²) in [5.41, 5.74) is 3.47. The zero-order valence-electron chi connectivity index (χ0n) is 14.3. The summed E-state index contributed by atoms with van der Waals surface area (Å²) in [4.78, 5) is 7.11. The van der Waals surface area contributed by atoms with Crippen molar-refractivity contribution in [2.75, 3.05) is 38.3 Å². The van der Waals surface area contributed by atoms with Gasteiger partial charge in [0, 0.05) is 31.3 Å². The molecule has 1 aromatic carbocycles. The van der Waals surface area contributed by atoms with Crippen LogP contribution in [0.2, 0.25) is 0 Å². The molecule has 1 unspecified atom stereocenters. The van der Waals surface area contributed by atoms with Crippen molar-refractivity contribution < 1.29 is 9.47 Å². The number of piperidine rings is 1. The van der Waals surface area contributed by atoms with Crippen molar-refractivity contribution in [2.24, 2.45) is 5.92 Å². The van der Waals surface area contributed by atoms with Gasteiger partial charge in [-0.1, -0.05) is 12.1 Å². The third-order valence-corrected chi connectivity index (χ3v) is 4.63. The Kier molecular flexibility index (Phi) is 5.01. The Hall–Kier alpha value is -1.81. The third kappa shape index (κ3) is 3.27. The summed E-state index contributed by atoms with van der Waals surface area (Å²) in [7, 11) is 1.70. The lowest BCUT2D eigenvalue weighted by molar-refractivity contribution is 0.104. The van der Waals surface area contributed by atoms with Crippen LogP contribution < -0.4 is 9.64 Å². The number of methoxy groups -OCH3 is 1. The Morgan fingerprint density at radius 1 is 1.35 bits per heavy atom. The fourth-order valence-corrected chi connectivity index (χ4v) is 3.55. The molecule has 0 N–H and O–H groups in total. The molecule has 2 aromatic rings. The zero-order chi connectivity index (χ0) is 16.2. The number of benzene rings is 1. The Balaban J connectivity index is 1.96. The molecule has 124 valence electrons. The maximum absolute atomic E-state index is 5.65. The molecule has 2 heterocycles. The monoisotopic (exact) mass is 314 g/mol. The van der Waals surface area contributed by atoms with Crippen LogP contribution in [0.15, 0.2) is 24.4 Å². The second-order valence-corrected chi connectivity index (χ2v) is 6.26. The average molecular weight is 314 g/mol. The fourth-order valence-electron chi connectivity index (χ4n) is 3.55. The van der Waals surface area contributed by atoms with Gasteiger partial charge in [-0.25, -0.2) is 0 Å². The maximum Gasteiger partial charge on any atom is 0.145 e. The lowest BCUT2D eigenvalue weighted by Crippen LogP contribution is -2.37. The van der Waals surface area contributed by atoms with Gasteiger partial charge in [-0.2, -0.15) is 0 Å². The first-order valence-corrected chi connectivity index (χ1v) is 8.49. The normalized spacial score (nSPS) is 18.4. The highest BCUT2D eigenvalue weighted by Crippen LogP contribution is 2.35. The lowest BCUT2D eigenvalue weighted by Gasteiger charge is -2.35. The van der Waals surface area contributed by atoms with Gasteiger partial charge in [0.05, 0.1) is 19.4 Å². The van der Waals surface area contributed by atoms with Gasteiger partial charge in [0.15, 0.2) is 0 Å². The van der Waals surface area contributed by atoms with E-state index < -0.39 is 0 Å². The summed E-state index contributed by atoms with van der Waals surface area (Å²) >= 11 is 0. The van der Waals surface area contributed by atoms with Crippen molar-refractivity contribution in [3.05, 3.63) is 30.0 Å². The summed E-state index contributed by atoms with van der Waals surface area (Å²) < 4.78 is 11.1. The molecule has 0 aliphatic carbocycles. The van der Waals surface area contributed by atoms with Gasteiger partial charge in [-0.15, -0.1) is 0 Å². The van der Waals surface area contributed by atoms with Crippen LogP contribution in [0.4, 0.5) is 5.69 Å². The molecular weight excluding hydrogens is 288 g/mol. The Morgan fingerprint density at radius 2 is 2.22 bits per heavy atom. The van der Waals surface area contributed by atoms with Crippen molar-refractivity contribution in [1.82, 2.24) is 4.98 Å². The smallest absolute Gasteiger partial charge is 0.145 e. The van der Waals surface area contributed by atoms with Crippen LogP contribution in [0.1, 0.15) is 25.3 Å². The number of para-hydroxylation sites is 1. The third-order valence-electron chi connectivity index (χ3n) is 4.63. The van der Waals surface area contributed by atoms with Crippen LogP contribution in [-0.2, 0) is 4.74 Å². The van der Waals surface area contributed by atoms with Gasteiger partial charge >= 0.3 is 0 Å². The van der Waals surface area contributed by atoms with E-state index in [1.165, 1.54) is 29.5 Å². The minimum Gasteiger partial charge on any atom is -0.494 e. The molecule has 0 amide bonds. The fraction of sp³-hybridized carbons (Fsp3) is 0.526. The molecule has 1 aromatic heterocycles. The molecule has 3 rings (SSSR count). The number of anilines is 1. The van der Waals surface area contributed by atoms with Crippen molar-refractivity contribution in [3.63, 3.8) is 0 Å². The number of fused-ring (bicyclic) bond motifs is 1. The molecule has 1 saturated heterocycles. The average Bonchev–Trinajstić information content (AvgIpc) is 2.59. The standard InChI is InChI=1S/C19H26N2O2/c1-4-23-13-15-7-6-10-21(12-15)19-14(2)11-20-18-16(19)8-5-9-17(18)22-3/h5,8-9,11,15H,4,6-7,10,12-13H2,1-3H3. The molecule has 1 fully saturated rings. The minimum absolute atomic E-state index is 0.608. The molecular formula is C19H26N2O2. The van der Waals surface area contributed by atoms with Crippen LogP contribution in [0.5, 0.6) is 5.75 Å². The summed E-state index contributed by atoms with van der Waals surface area (Å²) in [5.74, 6) is 1.45. The van der Waals surface area contributed by atoms with E-state index in [0.29, 0.717) is 5.92 Å². The topological polar surface area (TPSA) is 34.6 Å². The highest BCUT2D eigenvalue weighted by molar-refractivity contribution is 5.96. The quantitative estimate of drug-likeness (QED) is 0.840. The summed E-state index contributed by atoms with van der Waals surface area (Å²) in [6.07, 6.45) is 4.43. The van der Waals surface area contributed by atoms with Gasteiger partial charge in [0.25, 0.3) is 0 Å². The van der Waals surface area contributed by atoms with E-state index in [-0.39, 0.29) is 0 Å². The molecule has 4 nitrogen and oxygen atoms in total. The number of pyridine rings is 1. The molecule has 1 aliphatic heterocycles. The van der Waals surface area contributed by atoms with Crippen molar-refractivity contribution in [2.45, 2.75) is 26.7 Å². The Labute approximate surface area is 138 Å². The van der Waals surface area contributed by atoms with E-state index in [4.69, 9.17) is 9.47 Å². The van der Waals surface area contributed by atoms with Gasteiger partial charge in [-0.3, -0.25) is 4.98 Å². The van der Waals surface area contributed by atoms with Gasteiger partial charge < -0.3 is 14.4 Å². The largest absolute Gasteiger partial charge is 0.494 e. The maximum atomic E-state index is 5.65. The number of hydrogen-bond donors (Lipinski definition) is 0. The Bertz CT molecular complexity index is 672. The number of ether oxygens (including phenoxy) is 2. The number of hydrogen-bond acceptors (Lipinski definition) is 4. The van der Waals surface area contributed by atoms with E-state index in [9.17, 15) is 0 Å². The van der Waals surface area contributed by atoms with Gasteiger partial charge in [-0.05, 0) is 44.2 Å². The van der Waals surface area contributed by atoms with Crippen LogP contribution >= 0.6 is 0 Å². The SMILES string of the molecule is CCOCC1CCCN(c2c(C)cnc3c(OC)cccc23)C1. The molecule has 0 bridgehead atoms. The van der Waals surface area contributed by atoms with E-state index in [0.717, 1.165) is 37.6 Å². The first-order chi connectivity index (χ1) is 11.2. The van der Waals surface area contributed by atoms with Crippen LogP contribution in [0.25, 0.3) is 10.9 Å². The number of aromatic nitrogens is 1. The number of nitrogens with zero attached hydrogens (tertiary/aromatic N) is 2. The molecule has 0 spiro atoms. The van der Waals surface area contributed by atoms with Gasteiger partial charge in [0.1, 0.15) is 11.3 Å². The second kappa shape index (κ2) is 7.18. The molecule has 4 heteroatoms. The van der Waals surface area contributed by atoms with E-state index >= 15 is 0 Å². The molecule has 0 radical (unpaired) electrons. The van der Waals surface area contributed by atoms with Crippen LogP contribution in [0, 0.1) is 12.8 Å². The van der Waals surface area contributed by atoms with Crippen molar-refractivity contribution in [3.8, 4) is 5.75 Å². The predicted octanol–water partition coefficient (Wildman–Crippen LogP) is 3.80. The number of rotatable bonds is 5. The number of aryl methyl sites for hydroxylation is 1. The highest BCUT2D eigenvalue weighted by Gasteiger charge is 2.23. The molecule has 0 saturated carbocycles. The summed E-state index contributed by atoms with van der Waals surface area (Å²) in [6, 6.07) is 6.18. The molecule has 1 aliphatic rings. The molecule has 23 heavy (non-hydrogen) atoms. The Morgan fingerprint density at radius 3 is 3.00 bits per heavy atom. The molecule has 1 atom stereocenters. The summed E-state index contributed by atoms with van der Waals surface area (Å²) in [5, 5.41) is 1.18. The predicted molar refractivity (Wildman–Crippen MR) is 94.5 cm³/mol. The van der Waals surface area contributed by atoms with E-state index in [1.807, 2.05) is 18.3 Å². The minimum atomic E-state index is 0.608. The highest BCUT2D eigenvalue weighted by atomic mass is 16.5. The van der Waals surface area contributed by atoms with E-state index in [1.54, 1.807) is 7.11 Å². The van der Waals surface area contributed by atoms with Crippen molar-refractivity contribution >= 4 is 16.6 Å². The second-order valence-electron chi connectivity index (χ2n) is 6.26. The van der Waals surface area contributed by atoms with Gasteiger partial charge in [0.2, 0.25) is 0 Å². The summed E-state index contributed by atoms with van der Waals surface area (Å²) in [6.45, 7) is 8.01. The zero-order valence-corrected chi connectivity index (χ0v) is 14.3. The van der Waals surface area contributed by atoms with Crippen molar-refractivity contribution in [1.29, 1.82) is 0 Å². The van der Waals surface area contributed by atoms with E-state index in [2.05, 4.69) is 29.8 Å². The van der Waals surface area contributed by atoms with Crippen LogP contribution in [-0.4, -0.2) is 38.4 Å². The first-order valence-electron chi connectivity index (χ1n) is 8.49. The van der Waals surface area contributed by atoms with Crippen LogP contribution in [0.3, 0.4) is 0 Å².